The van der Waals surface area contributed by atoms with Crippen molar-refractivity contribution in [1.29, 1.82) is 0 Å². The normalized spacial score (nSPS) is 16.4. The fraction of sp³-hybridized carbons (Fsp3) is 0.308. The van der Waals surface area contributed by atoms with Gasteiger partial charge in [-0.2, -0.15) is 15.0 Å². The van der Waals surface area contributed by atoms with Crippen LogP contribution < -0.4 is 14.8 Å². The second-order valence-corrected chi connectivity index (χ2v) is 4.53. The van der Waals surface area contributed by atoms with Crippen molar-refractivity contribution < 1.29 is 9.47 Å². The van der Waals surface area contributed by atoms with Crippen molar-refractivity contribution in [2.24, 2.45) is 0 Å². The van der Waals surface area contributed by atoms with Crippen molar-refractivity contribution >= 4 is 17.5 Å². The van der Waals surface area contributed by atoms with Crippen molar-refractivity contribution in [1.82, 2.24) is 15.0 Å². The predicted octanol–water partition coefficient (Wildman–Crippen LogP) is 2.47. The summed E-state index contributed by atoms with van der Waals surface area (Å²) in [5.74, 6) is 1.24. The van der Waals surface area contributed by atoms with E-state index < -0.39 is 0 Å². The van der Waals surface area contributed by atoms with Gasteiger partial charge in [-0.05, 0) is 24.6 Å². The van der Waals surface area contributed by atoms with E-state index in [1.165, 1.54) is 0 Å². The molecular weight excluding hydrogens is 280 g/mol. The van der Waals surface area contributed by atoms with Crippen molar-refractivity contribution in [2.75, 3.05) is 18.5 Å². The highest BCUT2D eigenvalue weighted by atomic mass is 35.5. The minimum atomic E-state index is -0.0147. The van der Waals surface area contributed by atoms with Gasteiger partial charge in [0.15, 0.2) is 0 Å². The molecule has 104 valence electrons. The number of fused-ring (bicyclic) bond motifs is 1. The standard InChI is InChI=1S/C13H13ClN4O2/c1-2-19-13-17-11(14)16-12(18-13)15-9-7-20-10-6-4-3-5-8(9)10/h3-6,9H,2,7H2,1H3,(H,15,16,17,18). The van der Waals surface area contributed by atoms with Gasteiger partial charge in [-0.1, -0.05) is 18.2 Å². The Hall–Kier alpha value is -2.08. The number of nitrogens with one attached hydrogen (secondary N) is 1. The molecule has 0 fully saturated rings. The molecule has 1 aliphatic rings. The number of halogens is 1. The van der Waals surface area contributed by atoms with E-state index in [4.69, 9.17) is 21.1 Å². The molecule has 1 N–H and O–H groups in total. The second-order valence-electron chi connectivity index (χ2n) is 4.19. The van der Waals surface area contributed by atoms with E-state index in [0.29, 0.717) is 19.2 Å². The van der Waals surface area contributed by atoms with Crippen molar-refractivity contribution in [3.8, 4) is 11.8 Å². The number of aromatic nitrogens is 3. The SMILES string of the molecule is CCOc1nc(Cl)nc(NC2COc3ccccc32)n1. The van der Waals surface area contributed by atoms with Crippen LogP contribution in [0.4, 0.5) is 5.95 Å². The zero-order valence-electron chi connectivity index (χ0n) is 10.8. The van der Waals surface area contributed by atoms with Gasteiger partial charge in [0.1, 0.15) is 12.4 Å². The minimum Gasteiger partial charge on any atom is -0.491 e. The van der Waals surface area contributed by atoms with Crippen LogP contribution >= 0.6 is 11.6 Å². The quantitative estimate of drug-likeness (QED) is 0.933. The lowest BCUT2D eigenvalue weighted by atomic mass is 10.1. The van der Waals surface area contributed by atoms with Crippen LogP contribution in [0, 0.1) is 0 Å². The van der Waals surface area contributed by atoms with Gasteiger partial charge in [-0.3, -0.25) is 0 Å². The molecular formula is C13H13ClN4O2. The number of benzene rings is 1. The molecule has 0 radical (unpaired) electrons. The highest BCUT2D eigenvalue weighted by Gasteiger charge is 2.24. The molecule has 6 nitrogen and oxygen atoms in total. The fourth-order valence-corrected chi connectivity index (χ4v) is 2.18. The molecule has 0 saturated carbocycles. The van der Waals surface area contributed by atoms with Crippen LogP contribution in [0.3, 0.4) is 0 Å². The Kier molecular flexibility index (Phi) is 3.56. The number of rotatable bonds is 4. The monoisotopic (exact) mass is 292 g/mol. The Labute approximate surface area is 121 Å². The summed E-state index contributed by atoms with van der Waals surface area (Å²) in [6.07, 6.45) is 0. The van der Waals surface area contributed by atoms with Crippen molar-refractivity contribution in [3.05, 3.63) is 35.1 Å². The summed E-state index contributed by atoms with van der Waals surface area (Å²) in [5.41, 5.74) is 1.07. The first-order chi connectivity index (χ1) is 9.76. The Balaban J connectivity index is 1.82. The third kappa shape index (κ3) is 2.60. The fourth-order valence-electron chi connectivity index (χ4n) is 2.03. The minimum absolute atomic E-state index is 0.0147. The first-order valence-corrected chi connectivity index (χ1v) is 6.66. The van der Waals surface area contributed by atoms with E-state index in [2.05, 4.69) is 20.3 Å². The summed E-state index contributed by atoms with van der Waals surface area (Å²) in [5, 5.41) is 3.28. The van der Waals surface area contributed by atoms with E-state index in [1.54, 1.807) is 0 Å². The van der Waals surface area contributed by atoms with Crippen LogP contribution in [-0.2, 0) is 0 Å². The molecule has 7 heteroatoms. The van der Waals surface area contributed by atoms with Gasteiger partial charge in [0, 0.05) is 5.56 Å². The van der Waals surface area contributed by atoms with Crippen LogP contribution in [0.5, 0.6) is 11.8 Å². The first-order valence-electron chi connectivity index (χ1n) is 6.29. The maximum absolute atomic E-state index is 5.86. The van der Waals surface area contributed by atoms with Gasteiger partial charge in [0.25, 0.3) is 0 Å². The third-order valence-corrected chi connectivity index (χ3v) is 3.03. The van der Waals surface area contributed by atoms with Gasteiger partial charge in [0.2, 0.25) is 11.2 Å². The van der Waals surface area contributed by atoms with Gasteiger partial charge in [0.05, 0.1) is 12.6 Å². The van der Waals surface area contributed by atoms with Gasteiger partial charge in [-0.25, -0.2) is 0 Å². The average Bonchev–Trinajstić information content (AvgIpc) is 2.82. The molecule has 0 spiro atoms. The largest absolute Gasteiger partial charge is 0.491 e. The number of para-hydroxylation sites is 1. The molecule has 1 unspecified atom stereocenters. The van der Waals surface area contributed by atoms with E-state index in [9.17, 15) is 0 Å². The molecule has 20 heavy (non-hydrogen) atoms. The summed E-state index contributed by atoms with van der Waals surface area (Å²) in [4.78, 5) is 12.1. The lowest BCUT2D eigenvalue weighted by molar-refractivity contribution is 0.311. The van der Waals surface area contributed by atoms with Gasteiger partial charge >= 0.3 is 6.01 Å². The molecule has 0 saturated heterocycles. The molecule has 1 aromatic heterocycles. The second kappa shape index (κ2) is 5.50. The Morgan fingerprint density at radius 3 is 3.05 bits per heavy atom. The lowest BCUT2D eigenvalue weighted by Gasteiger charge is -2.12. The van der Waals surface area contributed by atoms with Crippen LogP contribution in [0.1, 0.15) is 18.5 Å². The third-order valence-electron chi connectivity index (χ3n) is 2.86. The zero-order chi connectivity index (χ0) is 13.9. The summed E-state index contributed by atoms with van der Waals surface area (Å²) in [6, 6.07) is 8.04. The van der Waals surface area contributed by atoms with Crippen molar-refractivity contribution in [3.63, 3.8) is 0 Å². The molecule has 0 bridgehead atoms. The maximum Gasteiger partial charge on any atom is 0.322 e. The molecule has 1 aliphatic heterocycles. The Morgan fingerprint density at radius 1 is 1.35 bits per heavy atom. The van der Waals surface area contributed by atoms with E-state index in [0.717, 1.165) is 11.3 Å². The lowest BCUT2D eigenvalue weighted by Crippen LogP contribution is -2.15. The smallest absolute Gasteiger partial charge is 0.322 e. The number of hydrogen-bond acceptors (Lipinski definition) is 6. The molecule has 2 aromatic rings. The average molecular weight is 293 g/mol. The topological polar surface area (TPSA) is 69.2 Å². The van der Waals surface area contributed by atoms with E-state index in [-0.39, 0.29) is 17.3 Å². The summed E-state index contributed by atoms with van der Waals surface area (Å²) in [7, 11) is 0. The number of anilines is 1. The Morgan fingerprint density at radius 2 is 2.20 bits per heavy atom. The van der Waals surface area contributed by atoms with Gasteiger partial charge in [-0.15, -0.1) is 0 Å². The van der Waals surface area contributed by atoms with Crippen LogP contribution in [-0.4, -0.2) is 28.2 Å². The molecule has 2 heterocycles. The number of ether oxygens (including phenoxy) is 2. The van der Waals surface area contributed by atoms with Crippen LogP contribution in [0.15, 0.2) is 24.3 Å². The van der Waals surface area contributed by atoms with Gasteiger partial charge < -0.3 is 14.8 Å². The molecule has 1 aromatic carbocycles. The Bertz CT molecular complexity index is 623. The number of hydrogen-bond donors (Lipinski definition) is 1. The zero-order valence-corrected chi connectivity index (χ0v) is 11.6. The van der Waals surface area contributed by atoms with Crippen LogP contribution in [0.2, 0.25) is 5.28 Å². The highest BCUT2D eigenvalue weighted by molar-refractivity contribution is 6.28. The van der Waals surface area contributed by atoms with Crippen LogP contribution in [0.25, 0.3) is 0 Å². The predicted molar refractivity (Wildman–Crippen MR) is 74.3 cm³/mol. The van der Waals surface area contributed by atoms with Crippen molar-refractivity contribution in [2.45, 2.75) is 13.0 Å². The van der Waals surface area contributed by atoms with E-state index in [1.807, 2.05) is 31.2 Å². The first kappa shape index (κ1) is 12.9. The number of nitrogens with zero attached hydrogens (tertiary/aromatic N) is 3. The maximum atomic E-state index is 5.86. The molecule has 3 rings (SSSR count). The highest BCUT2D eigenvalue weighted by Crippen LogP contribution is 2.33. The van der Waals surface area contributed by atoms with E-state index >= 15 is 0 Å². The summed E-state index contributed by atoms with van der Waals surface area (Å²) >= 11 is 5.86. The molecule has 0 amide bonds. The molecule has 0 aliphatic carbocycles. The molecule has 1 atom stereocenters. The summed E-state index contributed by atoms with van der Waals surface area (Å²) < 4.78 is 10.8. The summed E-state index contributed by atoms with van der Waals surface area (Å²) in [6.45, 7) is 2.84.